The average molecular weight is 292 g/mol. The minimum Gasteiger partial charge on any atom is -0.488 e. The van der Waals surface area contributed by atoms with Crippen LogP contribution < -0.4 is 4.74 Å². The summed E-state index contributed by atoms with van der Waals surface area (Å²) in [6.45, 7) is 7.60. The molecule has 0 saturated carbocycles. The van der Waals surface area contributed by atoms with E-state index in [2.05, 4.69) is 0 Å². The number of carbonyl (C=O) groups is 1. The zero-order valence-electron chi connectivity index (χ0n) is 13.3. The van der Waals surface area contributed by atoms with Crippen molar-refractivity contribution in [3.63, 3.8) is 0 Å². The van der Waals surface area contributed by atoms with Crippen LogP contribution in [0.15, 0.2) is 24.3 Å². The molecule has 1 aromatic carbocycles. The fraction of sp³-hybridized carbons (Fsp3) is 0.588. The molecule has 0 radical (unpaired) electrons. The lowest BCUT2D eigenvalue weighted by Crippen LogP contribution is -2.53. The number of ether oxygens (including phenoxy) is 2. The molecule has 2 rings (SSSR count). The van der Waals surface area contributed by atoms with E-state index in [9.17, 15) is 9.90 Å². The highest BCUT2D eigenvalue weighted by Gasteiger charge is 2.52. The van der Waals surface area contributed by atoms with Crippen molar-refractivity contribution in [1.82, 2.24) is 0 Å². The zero-order chi connectivity index (χ0) is 15.8. The summed E-state index contributed by atoms with van der Waals surface area (Å²) in [4.78, 5) is 12.3. The highest BCUT2D eigenvalue weighted by Crippen LogP contribution is 2.48. The van der Waals surface area contributed by atoms with Crippen LogP contribution in [0.4, 0.5) is 0 Å². The molecule has 116 valence electrons. The zero-order valence-corrected chi connectivity index (χ0v) is 13.3. The van der Waals surface area contributed by atoms with Gasteiger partial charge in [-0.15, -0.1) is 0 Å². The first-order chi connectivity index (χ1) is 9.72. The molecule has 2 atom stereocenters. The summed E-state index contributed by atoms with van der Waals surface area (Å²) < 4.78 is 10.9. The number of carbonyl (C=O) groups excluding carboxylic acids is 1. The van der Waals surface area contributed by atoms with Crippen LogP contribution in [-0.2, 0) is 9.53 Å². The second-order valence-electron chi connectivity index (χ2n) is 6.63. The van der Waals surface area contributed by atoms with E-state index >= 15 is 0 Å². The van der Waals surface area contributed by atoms with Crippen molar-refractivity contribution in [1.29, 1.82) is 0 Å². The van der Waals surface area contributed by atoms with Crippen LogP contribution in [-0.4, -0.2) is 29.4 Å². The standard InChI is InChI=1S/C17H24O4/c1-11(2)17(19,15(18)20-5)13-10-16(3,4)21-14-9-7-6-8-12(13)14/h6-9,11,13,19H,10H2,1-5H3. The largest absolute Gasteiger partial charge is 0.488 e. The molecule has 0 amide bonds. The summed E-state index contributed by atoms with van der Waals surface area (Å²) in [6, 6.07) is 7.57. The number of methoxy groups -OCH3 is 1. The Kier molecular flexibility index (Phi) is 4.02. The Morgan fingerprint density at radius 1 is 1.43 bits per heavy atom. The van der Waals surface area contributed by atoms with Gasteiger partial charge in [-0.05, 0) is 32.3 Å². The van der Waals surface area contributed by atoms with Gasteiger partial charge in [0.05, 0.1) is 7.11 Å². The summed E-state index contributed by atoms with van der Waals surface area (Å²) in [5.74, 6) is -0.487. The SMILES string of the molecule is COC(=O)C(O)(C(C)C)C1CC(C)(C)Oc2ccccc21. The lowest BCUT2D eigenvalue weighted by molar-refractivity contribution is -0.173. The first-order valence-electron chi connectivity index (χ1n) is 7.31. The van der Waals surface area contributed by atoms with Gasteiger partial charge in [-0.2, -0.15) is 0 Å². The minimum absolute atomic E-state index is 0.267. The van der Waals surface area contributed by atoms with Gasteiger partial charge in [0.2, 0.25) is 0 Å². The van der Waals surface area contributed by atoms with E-state index in [0.717, 1.165) is 11.3 Å². The summed E-state index contributed by atoms with van der Waals surface area (Å²) in [5, 5.41) is 11.1. The molecule has 4 heteroatoms. The van der Waals surface area contributed by atoms with E-state index in [4.69, 9.17) is 9.47 Å². The maximum atomic E-state index is 12.3. The van der Waals surface area contributed by atoms with E-state index in [0.29, 0.717) is 6.42 Å². The van der Waals surface area contributed by atoms with E-state index in [1.54, 1.807) is 0 Å². The van der Waals surface area contributed by atoms with Gasteiger partial charge >= 0.3 is 5.97 Å². The molecule has 1 aliphatic heterocycles. The van der Waals surface area contributed by atoms with Crippen molar-refractivity contribution in [2.45, 2.75) is 51.2 Å². The molecule has 1 aromatic rings. The minimum atomic E-state index is -1.56. The van der Waals surface area contributed by atoms with E-state index in [1.807, 2.05) is 52.0 Å². The Balaban J connectivity index is 2.58. The first kappa shape index (κ1) is 15.8. The molecule has 1 N–H and O–H groups in total. The van der Waals surface area contributed by atoms with Crippen LogP contribution in [0.3, 0.4) is 0 Å². The molecular formula is C17H24O4. The van der Waals surface area contributed by atoms with E-state index in [1.165, 1.54) is 7.11 Å². The normalized spacial score (nSPS) is 22.9. The fourth-order valence-corrected chi connectivity index (χ4v) is 3.14. The topological polar surface area (TPSA) is 55.8 Å². The highest BCUT2D eigenvalue weighted by molar-refractivity contribution is 5.81. The Hall–Kier alpha value is -1.55. The van der Waals surface area contributed by atoms with Crippen LogP contribution in [0, 0.1) is 5.92 Å². The summed E-state index contributed by atoms with van der Waals surface area (Å²) in [6.07, 6.45) is 0.549. The average Bonchev–Trinajstić information content (AvgIpc) is 2.43. The number of para-hydroxylation sites is 1. The molecule has 0 spiro atoms. The molecule has 0 aromatic heterocycles. The van der Waals surface area contributed by atoms with Gasteiger partial charge < -0.3 is 14.6 Å². The van der Waals surface area contributed by atoms with Gasteiger partial charge in [0.25, 0.3) is 0 Å². The Morgan fingerprint density at radius 2 is 2.05 bits per heavy atom. The molecule has 0 bridgehead atoms. The maximum absolute atomic E-state index is 12.3. The number of esters is 1. The Morgan fingerprint density at radius 3 is 2.62 bits per heavy atom. The molecule has 4 nitrogen and oxygen atoms in total. The van der Waals surface area contributed by atoms with Crippen LogP contribution in [0.25, 0.3) is 0 Å². The predicted octanol–water partition coefficient (Wildman–Crippen LogP) is 2.89. The van der Waals surface area contributed by atoms with Crippen molar-refractivity contribution in [2.75, 3.05) is 7.11 Å². The number of fused-ring (bicyclic) bond motifs is 1. The van der Waals surface area contributed by atoms with Gasteiger partial charge in [-0.25, -0.2) is 4.79 Å². The van der Waals surface area contributed by atoms with Crippen LogP contribution >= 0.6 is 0 Å². The number of hydrogen-bond donors (Lipinski definition) is 1. The quantitative estimate of drug-likeness (QED) is 0.870. The predicted molar refractivity (Wildman–Crippen MR) is 80.3 cm³/mol. The Labute approximate surface area is 126 Å². The number of benzene rings is 1. The van der Waals surface area contributed by atoms with E-state index < -0.39 is 17.2 Å². The third-order valence-corrected chi connectivity index (χ3v) is 4.30. The van der Waals surface area contributed by atoms with Crippen molar-refractivity contribution in [3.05, 3.63) is 29.8 Å². The third-order valence-electron chi connectivity index (χ3n) is 4.30. The summed E-state index contributed by atoms with van der Waals surface area (Å²) >= 11 is 0. The summed E-state index contributed by atoms with van der Waals surface area (Å²) in [7, 11) is 1.31. The lowest BCUT2D eigenvalue weighted by atomic mass is 9.69. The third kappa shape index (κ3) is 2.64. The van der Waals surface area contributed by atoms with Crippen molar-refractivity contribution < 1.29 is 19.4 Å². The van der Waals surface area contributed by atoms with Crippen molar-refractivity contribution >= 4 is 5.97 Å². The molecule has 2 unspecified atom stereocenters. The van der Waals surface area contributed by atoms with E-state index in [-0.39, 0.29) is 11.8 Å². The van der Waals surface area contributed by atoms with Crippen LogP contribution in [0.5, 0.6) is 5.75 Å². The van der Waals surface area contributed by atoms with Crippen LogP contribution in [0.1, 0.15) is 45.6 Å². The second-order valence-corrected chi connectivity index (χ2v) is 6.63. The summed E-state index contributed by atoms with van der Waals surface area (Å²) in [5.41, 5.74) is -1.15. The second kappa shape index (κ2) is 5.34. The molecule has 0 saturated heterocycles. The smallest absolute Gasteiger partial charge is 0.338 e. The maximum Gasteiger partial charge on any atom is 0.338 e. The molecule has 0 aliphatic carbocycles. The van der Waals surface area contributed by atoms with Gasteiger partial charge in [0.1, 0.15) is 11.4 Å². The molecule has 0 fully saturated rings. The molecule has 21 heavy (non-hydrogen) atoms. The van der Waals surface area contributed by atoms with Gasteiger partial charge in [0.15, 0.2) is 5.60 Å². The first-order valence-corrected chi connectivity index (χ1v) is 7.31. The van der Waals surface area contributed by atoms with Gasteiger partial charge in [-0.1, -0.05) is 32.0 Å². The fourth-order valence-electron chi connectivity index (χ4n) is 3.14. The lowest BCUT2D eigenvalue weighted by Gasteiger charge is -2.45. The monoisotopic (exact) mass is 292 g/mol. The molecule has 1 aliphatic rings. The molecular weight excluding hydrogens is 268 g/mol. The molecule has 1 heterocycles. The van der Waals surface area contributed by atoms with Gasteiger partial charge in [0, 0.05) is 11.5 Å². The number of hydrogen-bond acceptors (Lipinski definition) is 4. The number of rotatable bonds is 3. The number of aliphatic hydroxyl groups is 1. The highest BCUT2D eigenvalue weighted by atomic mass is 16.5. The van der Waals surface area contributed by atoms with Crippen molar-refractivity contribution in [2.24, 2.45) is 5.92 Å². The Bertz CT molecular complexity index is 535. The van der Waals surface area contributed by atoms with Gasteiger partial charge in [-0.3, -0.25) is 0 Å². The van der Waals surface area contributed by atoms with Crippen LogP contribution in [0.2, 0.25) is 0 Å². The van der Waals surface area contributed by atoms with Crippen molar-refractivity contribution in [3.8, 4) is 5.75 Å².